The van der Waals surface area contributed by atoms with E-state index >= 15 is 0 Å². The Kier molecular flexibility index (Phi) is 24.3. The molecule has 1 aliphatic heterocycles. The average Bonchev–Trinajstić information content (AvgIpc) is 3.27. The van der Waals surface area contributed by atoms with Gasteiger partial charge in [0.15, 0.2) is 10.1 Å². The zero-order valence-corrected chi connectivity index (χ0v) is 42.8. The Morgan fingerprint density at radius 3 is 1.33 bits per heavy atom. The number of carboxylic acids is 2. The zero-order chi connectivity index (χ0) is 51.5. The number of rotatable bonds is 16. The van der Waals surface area contributed by atoms with Crippen molar-refractivity contribution in [2.45, 2.75) is 52.7 Å². The molecule has 1 aromatic heterocycles. The molecule has 3 aromatic carbocycles. The first-order valence-electron chi connectivity index (χ1n) is 20.5. The molecule has 5 rings (SSSR count). The van der Waals surface area contributed by atoms with Gasteiger partial charge in [0.1, 0.15) is 25.3 Å². The van der Waals surface area contributed by atoms with Crippen LogP contribution in [0.2, 0.25) is 0 Å². The fourth-order valence-corrected chi connectivity index (χ4v) is 8.39. The number of hydrogen-bond acceptors (Lipinski definition) is 18. The standard InChI is InChI=1S/C34H42N6O10S4.C6H6N2O2S2.CH3F.Mn/c1-38-13-15-39(29(33(41)42)21-49-31(51)17-23-5-9-27(10-6-23)53(35,45)46)19-25-3-2-4-26(37-25)20-40(16-14-38)30(34(43)44)22-50-32(52)18-24-7-11-28(12-8-24)54(36,47)48;7-12(9,10)6-3-1-5(8-11)2-4-6;1-2;/h2-12,29-30H,13-22H2,1H3,(H,41,42)(H,43,44)(H2,35,45,46)(H2,36,47,48);1-4H,(H2,7,9,10);1H3;/i;;1D;. The van der Waals surface area contributed by atoms with Crippen LogP contribution in [0.5, 0.6) is 0 Å². The monoisotopic (exact) mass is 1110 g/mol. The minimum absolute atomic E-state index is 0. The number of nitrogens with two attached hydrogens (primary N) is 3. The van der Waals surface area contributed by atoms with Gasteiger partial charge in [-0.05, 0) is 103 Å². The Balaban J connectivity index is 0.000000899. The summed E-state index contributed by atoms with van der Waals surface area (Å²) in [4.78, 5) is 35.3. The smallest absolute Gasteiger partial charge is 0.324 e. The number of carboxylic acid groups (broad SMARTS) is 2. The molecule has 1 aliphatic rings. The summed E-state index contributed by atoms with van der Waals surface area (Å²) in [5.41, 5.74) is 3.00. The molecule has 2 heterocycles. The number of likely N-dealkylation sites (N-methyl/N-ethyl adjacent to an activating group) is 1. The second kappa shape index (κ2) is 28.5. The molecule has 2 unspecified atom stereocenters. The van der Waals surface area contributed by atoms with E-state index in [4.69, 9.17) is 55.7 Å². The maximum Gasteiger partial charge on any atom is 0.324 e. The molecule has 8 N–H and O–H groups in total. The number of benzene rings is 3. The van der Waals surface area contributed by atoms with E-state index in [-0.39, 0.29) is 81.0 Å². The average molecular weight is 1120 g/mol. The van der Waals surface area contributed by atoms with E-state index < -0.39 is 61.2 Å². The van der Waals surface area contributed by atoms with Crippen LogP contribution in [0.15, 0.2) is 110 Å². The van der Waals surface area contributed by atoms with E-state index in [0.717, 1.165) is 0 Å². The normalized spacial score (nSPS) is 14.9. The van der Waals surface area contributed by atoms with Crippen molar-refractivity contribution in [3.8, 4) is 0 Å². The summed E-state index contributed by atoms with van der Waals surface area (Å²) < 4.78 is 98.2. The molecule has 2 atom stereocenters. The molecule has 69 heavy (non-hydrogen) atoms. The van der Waals surface area contributed by atoms with Gasteiger partial charge in [-0.25, -0.2) is 40.7 Å². The number of pyridine rings is 1. The van der Waals surface area contributed by atoms with Gasteiger partial charge in [0, 0.05) is 81.6 Å². The first kappa shape index (κ1) is 58.9. The van der Waals surface area contributed by atoms with E-state index in [2.05, 4.69) is 16.8 Å². The molecule has 377 valence electrons. The second-order valence-corrected chi connectivity index (χ2v) is 20.6. The first-order chi connectivity index (χ1) is 32.3. The maximum absolute atomic E-state index is 12.5. The number of hydrogen-bond donors (Lipinski definition) is 5. The molecule has 2 bridgehead atoms. The molecular formula is C41H51FMnN8O12S6. The summed E-state index contributed by atoms with van der Waals surface area (Å²) >= 11 is 15.1. The van der Waals surface area contributed by atoms with Crippen molar-refractivity contribution >= 4 is 94.7 Å². The fourth-order valence-electron chi connectivity index (χ4n) is 6.26. The van der Waals surface area contributed by atoms with Gasteiger partial charge < -0.3 is 24.6 Å². The van der Waals surface area contributed by atoms with Crippen molar-refractivity contribution in [3.63, 3.8) is 0 Å². The summed E-state index contributed by atoms with van der Waals surface area (Å²) in [7, 11) is -10.5. The molecule has 0 fully saturated rings. The van der Waals surface area contributed by atoms with E-state index in [1.54, 1.807) is 52.3 Å². The van der Waals surface area contributed by atoms with Gasteiger partial charge in [0.05, 0.1) is 40.3 Å². The molecule has 0 saturated carbocycles. The number of carbonyl (C=O) groups is 2. The predicted octanol–water partition coefficient (Wildman–Crippen LogP) is 2.28. The van der Waals surface area contributed by atoms with Gasteiger partial charge in [-0.1, -0.05) is 30.3 Å². The summed E-state index contributed by atoms with van der Waals surface area (Å²) in [6, 6.07) is 20.5. The largest absolute Gasteiger partial charge is 0.484 e. The zero-order valence-electron chi connectivity index (χ0n) is 37.7. The molecule has 0 amide bonds. The fraction of sp³-hybridized carbons (Fsp3) is 0.341. The summed E-state index contributed by atoms with van der Waals surface area (Å²) in [5.74, 6) is -2.23. The molecular weight excluding hydrogens is 1060 g/mol. The van der Waals surface area contributed by atoms with E-state index in [1.165, 1.54) is 48.5 Å². The maximum atomic E-state index is 12.5. The van der Waals surface area contributed by atoms with Crippen molar-refractivity contribution in [1.29, 1.82) is 0 Å². The van der Waals surface area contributed by atoms with Crippen molar-refractivity contribution in [3.05, 3.63) is 114 Å². The molecule has 28 heteroatoms. The van der Waals surface area contributed by atoms with Gasteiger partial charge in [-0.2, -0.15) is 4.36 Å². The minimum atomic E-state index is -3.85. The van der Waals surface area contributed by atoms with Crippen molar-refractivity contribution in [1.82, 2.24) is 19.7 Å². The Labute approximate surface area is 428 Å². The number of aliphatic carboxylic acids is 2. The van der Waals surface area contributed by atoms with Crippen LogP contribution in [0.25, 0.3) is 0 Å². The topological polar surface area (TPSA) is 309 Å². The van der Waals surface area contributed by atoms with Gasteiger partial charge in [-0.3, -0.25) is 28.8 Å². The van der Waals surface area contributed by atoms with E-state index in [1.807, 2.05) is 11.9 Å². The van der Waals surface area contributed by atoms with Crippen LogP contribution >= 0.6 is 24.4 Å². The second-order valence-electron chi connectivity index (χ2n) is 14.8. The third-order valence-corrected chi connectivity index (χ3v) is 13.4. The third kappa shape index (κ3) is 20.9. The first-order valence-corrected chi connectivity index (χ1v) is 25.6. The molecule has 0 spiro atoms. The van der Waals surface area contributed by atoms with Crippen LogP contribution in [0, 0.1) is 0 Å². The number of halogens is 1. The molecule has 1 radical (unpaired) electrons. The van der Waals surface area contributed by atoms with Gasteiger partial charge >= 0.3 is 11.9 Å². The number of aromatic nitrogens is 1. The quantitative estimate of drug-likeness (QED) is 0.0794. The Bertz CT molecular complexity index is 2600. The molecule has 0 aliphatic carbocycles. The number of thiocarbonyl (C=S) groups is 2. The number of alkyl halides is 1. The van der Waals surface area contributed by atoms with Crippen LogP contribution in [0.3, 0.4) is 0 Å². The van der Waals surface area contributed by atoms with Crippen molar-refractivity contribution < 1.29 is 77.4 Å². The van der Waals surface area contributed by atoms with Gasteiger partial charge in [0.25, 0.3) is 0 Å². The van der Waals surface area contributed by atoms with Crippen LogP contribution in [-0.4, -0.2) is 143 Å². The number of nitrogens with zero attached hydrogens (tertiary/aromatic N) is 5. The van der Waals surface area contributed by atoms with Crippen molar-refractivity contribution in [2.75, 3.05) is 53.6 Å². The Morgan fingerprint density at radius 2 is 1.03 bits per heavy atom. The number of sulfonamides is 3. The molecule has 0 saturated heterocycles. The van der Waals surface area contributed by atoms with Crippen LogP contribution in [0.1, 0.15) is 23.9 Å². The van der Waals surface area contributed by atoms with Crippen LogP contribution in [0.4, 0.5) is 10.1 Å². The minimum Gasteiger partial charge on any atom is -0.484 e. The van der Waals surface area contributed by atoms with Crippen molar-refractivity contribution in [2.24, 2.45) is 19.8 Å². The van der Waals surface area contributed by atoms with Gasteiger partial charge in [0.2, 0.25) is 30.1 Å². The van der Waals surface area contributed by atoms with E-state index in [9.17, 15) is 49.4 Å². The Morgan fingerprint density at radius 1 is 0.696 bits per heavy atom. The SMILES string of the molecule is CN1CCN(C(COC(=S)Cc2ccc(S(N)(=O)=O)cc2)C(=O)O)Cc2cccc(n2)CN(C(COC(=S)Cc2ccc(S(N)(=O)=O)cc2)C(=O)O)CC1.NS(=O)(=O)c1ccc(N=S)cc1.[2H]CF.[Mn]. The summed E-state index contributed by atoms with van der Waals surface area (Å²) in [5, 5.41) is 35.9. The summed E-state index contributed by atoms with van der Waals surface area (Å²) in [6.07, 6.45) is 0.307. The van der Waals surface area contributed by atoms with Crippen LogP contribution in [-0.2, 0) is 105 Å². The number of fused-ring (bicyclic) bond motifs is 2. The van der Waals surface area contributed by atoms with Gasteiger partial charge in [-0.15, -0.1) is 0 Å². The number of primary sulfonamides is 3. The third-order valence-electron chi connectivity index (χ3n) is 9.86. The summed E-state index contributed by atoms with van der Waals surface area (Å²) in [6.45, 7) is 1.29. The predicted molar refractivity (Wildman–Crippen MR) is 260 cm³/mol. The van der Waals surface area contributed by atoms with E-state index in [0.29, 0.717) is 54.4 Å². The van der Waals surface area contributed by atoms with Crippen LogP contribution < -0.4 is 15.4 Å². The Hall–Kier alpha value is -4.39. The number of ether oxygens (including phenoxy) is 2. The molecule has 4 aromatic rings. The molecule has 20 nitrogen and oxygen atoms in total.